The highest BCUT2D eigenvalue weighted by Gasteiger charge is 2.37. The van der Waals surface area contributed by atoms with Crippen LogP contribution >= 0.6 is 0 Å². The summed E-state index contributed by atoms with van der Waals surface area (Å²) in [6.07, 6.45) is 12.4. The number of nitrogens with zero attached hydrogens (tertiary/aromatic N) is 6. The lowest BCUT2D eigenvalue weighted by molar-refractivity contribution is 0.0974. The maximum absolute atomic E-state index is 14.0. The Morgan fingerprint density at radius 2 is 1.17 bits per heavy atom. The van der Waals surface area contributed by atoms with Gasteiger partial charge in [0.2, 0.25) is 21.8 Å². The fraction of sp³-hybridized carbons (Fsp3) is 0.556. The van der Waals surface area contributed by atoms with Crippen molar-refractivity contribution in [2.75, 3.05) is 51.5 Å². The summed E-state index contributed by atoms with van der Waals surface area (Å²) >= 11 is 0. The quantitative estimate of drug-likeness (QED) is 0.149. The number of hydrogen-bond donors (Lipinski definition) is 4. The van der Waals surface area contributed by atoms with Crippen molar-refractivity contribution in [3.8, 4) is 11.8 Å². The molecule has 0 bridgehead atoms. The summed E-state index contributed by atoms with van der Waals surface area (Å²) in [7, 11) is -3.23. The van der Waals surface area contributed by atoms with E-state index in [0.717, 1.165) is 111 Å². The van der Waals surface area contributed by atoms with Gasteiger partial charge in [0.15, 0.2) is 0 Å². The SMILES string of the molecule is CN(C)Cc1nc(S(=O)(=O)NC(=O)Nc2c3c(cc4c2CCC4)CCC3)c2n1CCC(CN(C)CCc1nc(S(=O)(=O)NC(=O)Nc3c4c(cc5c3CCC5)CCC4)c3n1CCCO3)O2. The second kappa shape index (κ2) is 17.2. The third kappa shape index (κ3) is 8.46. The Bertz CT molecular complexity index is 2750. The van der Waals surface area contributed by atoms with Gasteiger partial charge in [0.25, 0.3) is 20.0 Å². The average molecular weight is 931 g/mol. The van der Waals surface area contributed by atoms with E-state index >= 15 is 0 Å². The number of rotatable bonds is 13. The van der Waals surface area contributed by atoms with Gasteiger partial charge in [0.05, 0.1) is 13.2 Å². The number of anilines is 2. The fourth-order valence-corrected chi connectivity index (χ4v) is 12.9. The number of sulfonamides is 2. The van der Waals surface area contributed by atoms with E-state index in [4.69, 9.17) is 9.47 Å². The van der Waals surface area contributed by atoms with Crippen molar-refractivity contribution in [1.29, 1.82) is 0 Å². The van der Waals surface area contributed by atoms with E-state index < -0.39 is 38.2 Å². The van der Waals surface area contributed by atoms with Crippen molar-refractivity contribution >= 4 is 43.5 Å². The van der Waals surface area contributed by atoms with Gasteiger partial charge in [-0.05, 0) is 149 Å². The molecule has 0 fully saturated rings. The van der Waals surface area contributed by atoms with Gasteiger partial charge in [-0.3, -0.25) is 9.13 Å². The molecule has 2 aliphatic heterocycles. The van der Waals surface area contributed by atoms with Gasteiger partial charge < -0.3 is 29.9 Å². The highest BCUT2D eigenvalue weighted by molar-refractivity contribution is 7.90. The molecule has 4 heterocycles. The number of urea groups is 2. The lowest BCUT2D eigenvalue weighted by Crippen LogP contribution is -2.39. The topological polar surface area (TPSA) is 211 Å². The molecular weight excluding hydrogens is 873 g/mol. The first-order valence-electron chi connectivity index (χ1n) is 23.0. The predicted molar refractivity (Wildman–Crippen MR) is 242 cm³/mol. The molecule has 4 N–H and O–H groups in total. The van der Waals surface area contributed by atoms with Crippen molar-refractivity contribution < 1.29 is 35.9 Å². The average Bonchev–Trinajstić information content (AvgIpc) is 4.12. The number of nitrogens with one attached hydrogen (secondary N) is 4. The summed E-state index contributed by atoms with van der Waals surface area (Å²) < 4.78 is 76.1. The van der Waals surface area contributed by atoms with Gasteiger partial charge in [-0.2, -0.15) is 16.8 Å². The van der Waals surface area contributed by atoms with Crippen molar-refractivity contribution in [2.45, 2.75) is 132 Å². The molecule has 0 radical (unpaired) electrons. The number of carbonyl (C=O) groups excluding carboxylic acids is 2. The van der Waals surface area contributed by atoms with Crippen molar-refractivity contribution in [3.05, 3.63) is 68.3 Å². The molecule has 2 aromatic heterocycles. The first kappa shape index (κ1) is 43.7. The first-order chi connectivity index (χ1) is 31.2. The molecule has 4 aliphatic carbocycles. The Balaban J connectivity index is 0.811. The van der Waals surface area contributed by atoms with Crippen LogP contribution in [-0.2, 0) is 97.5 Å². The largest absolute Gasteiger partial charge is 0.477 e. The second-order valence-electron chi connectivity index (χ2n) is 18.6. The second-order valence-corrected chi connectivity index (χ2v) is 21.8. The van der Waals surface area contributed by atoms with Crippen LogP contribution in [0.25, 0.3) is 0 Å². The third-order valence-corrected chi connectivity index (χ3v) is 16.2. The maximum atomic E-state index is 14.0. The zero-order chi connectivity index (χ0) is 45.2. The minimum atomic E-state index is -4.46. The van der Waals surface area contributed by atoms with E-state index in [0.29, 0.717) is 70.2 Å². The molecule has 1 unspecified atom stereocenters. The summed E-state index contributed by atoms with van der Waals surface area (Å²) in [6, 6.07) is 2.85. The van der Waals surface area contributed by atoms with E-state index in [1.54, 1.807) is 9.13 Å². The number of benzene rings is 2. The van der Waals surface area contributed by atoms with E-state index in [1.807, 2.05) is 30.9 Å². The molecule has 20 heteroatoms. The minimum Gasteiger partial charge on any atom is -0.477 e. The number of likely N-dealkylation sites (N-methyl/N-ethyl adjacent to an activating group) is 1. The summed E-state index contributed by atoms with van der Waals surface area (Å²) in [4.78, 5) is 40.0. The molecule has 6 aliphatic rings. The lowest BCUT2D eigenvalue weighted by atomic mass is 9.99. The molecule has 0 spiro atoms. The number of amides is 4. The number of aryl methyl sites for hydroxylation is 4. The summed E-state index contributed by atoms with van der Waals surface area (Å²) in [5, 5.41) is 5.17. The van der Waals surface area contributed by atoms with Gasteiger partial charge >= 0.3 is 12.1 Å². The van der Waals surface area contributed by atoms with E-state index in [-0.39, 0.29) is 21.8 Å². The van der Waals surface area contributed by atoms with Crippen molar-refractivity contribution in [1.82, 2.24) is 38.3 Å². The fourth-order valence-electron chi connectivity index (χ4n) is 10.9. The number of aromatic nitrogens is 4. The summed E-state index contributed by atoms with van der Waals surface area (Å²) in [5.74, 6) is 1.21. The standard InChI is InChI=1S/C45H58N10O8S2/c1-52(2)26-37-47-41(65(60,61)51-45(57)49-39-34-15-6-11-29(34)24-30-12-7-16-35(30)39)43-55(37)21-17-31(63-43)25-53(3)20-18-36-46-40(42-54(36)19-8-22-62-42)64(58,59)50-44(56)48-38-32-13-4-9-27(32)23-28-10-5-14-33(28)38/h23-24,31H,4-22,25-26H2,1-3H3,(H2,48,50,56)(H2,49,51,57). The van der Waals surface area contributed by atoms with E-state index in [9.17, 15) is 26.4 Å². The molecule has 10 rings (SSSR count). The molecule has 18 nitrogen and oxygen atoms in total. The van der Waals surface area contributed by atoms with Crippen molar-refractivity contribution in [2.24, 2.45) is 0 Å². The Morgan fingerprint density at radius 1 is 0.677 bits per heavy atom. The monoisotopic (exact) mass is 930 g/mol. The normalized spacial score (nSPS) is 18.3. The number of fused-ring (bicyclic) bond motifs is 6. The molecule has 348 valence electrons. The first-order valence-corrected chi connectivity index (χ1v) is 26.0. The Hall–Kier alpha value is -5.18. The highest BCUT2D eigenvalue weighted by Crippen LogP contribution is 2.41. The summed E-state index contributed by atoms with van der Waals surface area (Å²) in [5.41, 5.74) is 10.8. The predicted octanol–water partition coefficient (Wildman–Crippen LogP) is 4.22. The smallest absolute Gasteiger partial charge is 0.333 e. The number of imidazole rings is 2. The van der Waals surface area contributed by atoms with Gasteiger partial charge in [-0.15, -0.1) is 0 Å². The zero-order valence-corrected chi connectivity index (χ0v) is 39.0. The molecule has 65 heavy (non-hydrogen) atoms. The molecular formula is C45H58N10O8S2. The van der Waals surface area contributed by atoms with Crippen molar-refractivity contribution in [3.63, 3.8) is 0 Å². The van der Waals surface area contributed by atoms with Gasteiger partial charge in [0.1, 0.15) is 17.8 Å². The van der Waals surface area contributed by atoms with E-state index in [1.165, 1.54) is 22.3 Å². The highest BCUT2D eigenvalue weighted by atomic mass is 32.2. The molecule has 4 amide bonds. The molecule has 0 saturated carbocycles. The number of carbonyl (C=O) groups is 2. The number of hydrogen-bond acceptors (Lipinski definition) is 12. The van der Waals surface area contributed by atoms with Gasteiger partial charge in [-0.25, -0.2) is 29.0 Å². The van der Waals surface area contributed by atoms with Crippen LogP contribution in [-0.4, -0.2) is 105 Å². The zero-order valence-electron chi connectivity index (χ0n) is 37.3. The Morgan fingerprint density at radius 3 is 1.69 bits per heavy atom. The Kier molecular flexibility index (Phi) is 11.6. The van der Waals surface area contributed by atoms with Crippen LogP contribution < -0.4 is 29.6 Å². The van der Waals surface area contributed by atoms with E-state index in [2.05, 4.69) is 42.2 Å². The summed E-state index contributed by atoms with van der Waals surface area (Å²) in [6.45, 7) is 2.51. The van der Waals surface area contributed by atoms with Gasteiger partial charge in [-0.1, -0.05) is 12.1 Å². The van der Waals surface area contributed by atoms with Crippen LogP contribution in [0.3, 0.4) is 0 Å². The maximum Gasteiger partial charge on any atom is 0.333 e. The van der Waals surface area contributed by atoms with Crippen LogP contribution in [0, 0.1) is 0 Å². The molecule has 1 atom stereocenters. The lowest BCUT2D eigenvalue weighted by Gasteiger charge is -2.30. The van der Waals surface area contributed by atoms with Crippen LogP contribution in [0.15, 0.2) is 22.2 Å². The molecule has 0 saturated heterocycles. The number of ether oxygens (including phenoxy) is 2. The van der Waals surface area contributed by atoms with Crippen LogP contribution in [0.1, 0.15) is 94.7 Å². The molecule has 2 aromatic carbocycles. The van der Waals surface area contributed by atoms with Crippen LogP contribution in [0.4, 0.5) is 21.0 Å². The van der Waals surface area contributed by atoms with Crippen LogP contribution in [0.5, 0.6) is 11.8 Å². The minimum absolute atomic E-state index is 0.0835. The molecule has 4 aromatic rings. The third-order valence-electron chi connectivity index (χ3n) is 13.7. The Labute approximate surface area is 379 Å². The van der Waals surface area contributed by atoms with Crippen LogP contribution in [0.2, 0.25) is 0 Å². The van der Waals surface area contributed by atoms with Gasteiger partial charge in [0, 0.05) is 50.4 Å².